The van der Waals surface area contributed by atoms with Gasteiger partial charge in [-0.05, 0) is 50.6 Å². The lowest BCUT2D eigenvalue weighted by atomic mass is 10.0. The van der Waals surface area contributed by atoms with E-state index in [4.69, 9.17) is 9.73 Å². The van der Waals surface area contributed by atoms with E-state index in [1.807, 2.05) is 6.07 Å². The molecule has 2 N–H and O–H groups in total. The van der Waals surface area contributed by atoms with E-state index in [9.17, 15) is 0 Å². The minimum atomic E-state index is 0. The molecular weight excluding hydrogens is 451 g/mol. The highest BCUT2D eigenvalue weighted by Crippen LogP contribution is 2.24. The zero-order valence-corrected chi connectivity index (χ0v) is 19.4. The van der Waals surface area contributed by atoms with Crippen LogP contribution in [0.5, 0.6) is 5.75 Å². The highest BCUT2D eigenvalue weighted by atomic mass is 127. The van der Waals surface area contributed by atoms with Gasteiger partial charge in [-0.1, -0.05) is 38.1 Å². The molecule has 0 bridgehead atoms. The molecule has 0 aliphatic heterocycles. The van der Waals surface area contributed by atoms with Gasteiger partial charge in [0, 0.05) is 12.6 Å². The highest BCUT2D eigenvalue weighted by molar-refractivity contribution is 14.0. The number of halogens is 1. The third-order valence-electron chi connectivity index (χ3n) is 4.85. The first-order valence-electron chi connectivity index (χ1n) is 9.79. The fraction of sp³-hybridized carbons (Fsp3) is 0.571. The van der Waals surface area contributed by atoms with Gasteiger partial charge in [0.25, 0.3) is 0 Å². The van der Waals surface area contributed by atoms with Crippen LogP contribution in [0.25, 0.3) is 0 Å². The first kappa shape index (κ1) is 23.8. The standard InChI is InChI=1S/C21H34N4O.HI/c1-5-22-21(24-18-12-8-9-13-18)23-16-20(25(6-2)7-3)17-11-10-14-19(15-17)26-4;/h8-11,14-15,18,20H,5-7,12-13,16H2,1-4H3,(H2,22,23,24);1H. The molecule has 2 rings (SSSR count). The number of benzene rings is 1. The number of nitrogens with zero attached hydrogens (tertiary/aromatic N) is 2. The molecular formula is C21H35IN4O. The zero-order chi connectivity index (χ0) is 18.8. The van der Waals surface area contributed by atoms with Crippen molar-refractivity contribution >= 4 is 29.9 Å². The van der Waals surface area contributed by atoms with Crippen molar-refractivity contribution in [2.24, 2.45) is 4.99 Å². The topological polar surface area (TPSA) is 48.9 Å². The number of likely N-dealkylation sites (N-methyl/N-ethyl adjacent to an activating group) is 1. The van der Waals surface area contributed by atoms with Crippen LogP contribution in [0.15, 0.2) is 41.4 Å². The van der Waals surface area contributed by atoms with E-state index >= 15 is 0 Å². The van der Waals surface area contributed by atoms with Gasteiger partial charge in [0.1, 0.15) is 5.75 Å². The minimum absolute atomic E-state index is 0. The summed E-state index contributed by atoms with van der Waals surface area (Å²) in [5.74, 6) is 1.80. The molecule has 0 saturated heterocycles. The van der Waals surface area contributed by atoms with Gasteiger partial charge in [0.15, 0.2) is 5.96 Å². The summed E-state index contributed by atoms with van der Waals surface area (Å²) in [6.07, 6.45) is 6.60. The molecule has 1 aliphatic rings. The van der Waals surface area contributed by atoms with Crippen molar-refractivity contribution in [3.63, 3.8) is 0 Å². The summed E-state index contributed by atoms with van der Waals surface area (Å²) in [6.45, 7) is 10.1. The number of aliphatic imine (C=N–C) groups is 1. The van der Waals surface area contributed by atoms with Gasteiger partial charge in [-0.15, -0.1) is 24.0 Å². The van der Waals surface area contributed by atoms with Gasteiger partial charge >= 0.3 is 0 Å². The van der Waals surface area contributed by atoms with E-state index in [0.29, 0.717) is 12.6 Å². The third-order valence-corrected chi connectivity index (χ3v) is 4.85. The van der Waals surface area contributed by atoms with Gasteiger partial charge < -0.3 is 15.4 Å². The van der Waals surface area contributed by atoms with E-state index in [2.05, 4.69) is 66.7 Å². The maximum atomic E-state index is 5.42. The molecule has 27 heavy (non-hydrogen) atoms. The Kier molecular flexibility index (Phi) is 11.4. The van der Waals surface area contributed by atoms with Crippen LogP contribution in [0.2, 0.25) is 0 Å². The fourth-order valence-corrected chi connectivity index (χ4v) is 3.37. The molecule has 1 unspecified atom stereocenters. The van der Waals surface area contributed by atoms with E-state index in [1.54, 1.807) is 7.11 Å². The van der Waals surface area contributed by atoms with Gasteiger partial charge in [-0.3, -0.25) is 9.89 Å². The minimum Gasteiger partial charge on any atom is -0.497 e. The average Bonchev–Trinajstić information content (AvgIpc) is 3.18. The van der Waals surface area contributed by atoms with Crippen LogP contribution < -0.4 is 15.4 Å². The summed E-state index contributed by atoms with van der Waals surface area (Å²) in [5.41, 5.74) is 1.25. The molecule has 0 fully saturated rings. The second kappa shape index (κ2) is 13.0. The Morgan fingerprint density at radius 2 is 1.93 bits per heavy atom. The predicted molar refractivity (Wildman–Crippen MR) is 125 cm³/mol. The van der Waals surface area contributed by atoms with Gasteiger partial charge in [0.2, 0.25) is 0 Å². The summed E-state index contributed by atoms with van der Waals surface area (Å²) in [6, 6.07) is 9.03. The molecule has 0 heterocycles. The quantitative estimate of drug-likeness (QED) is 0.240. The van der Waals surface area contributed by atoms with Crippen LogP contribution in [0, 0.1) is 0 Å². The molecule has 1 aromatic rings. The monoisotopic (exact) mass is 486 g/mol. The van der Waals surface area contributed by atoms with Crippen molar-refractivity contribution in [3.8, 4) is 5.75 Å². The first-order valence-corrected chi connectivity index (χ1v) is 9.79. The molecule has 0 saturated carbocycles. The summed E-state index contributed by atoms with van der Waals surface area (Å²) < 4.78 is 5.42. The van der Waals surface area contributed by atoms with Gasteiger partial charge in [-0.2, -0.15) is 0 Å². The fourth-order valence-electron chi connectivity index (χ4n) is 3.37. The highest BCUT2D eigenvalue weighted by Gasteiger charge is 2.19. The number of hydrogen-bond donors (Lipinski definition) is 2. The second-order valence-corrected chi connectivity index (χ2v) is 6.52. The van der Waals surface area contributed by atoms with E-state index < -0.39 is 0 Å². The molecule has 0 spiro atoms. The maximum absolute atomic E-state index is 5.42. The van der Waals surface area contributed by atoms with Crippen molar-refractivity contribution in [2.75, 3.05) is 33.3 Å². The van der Waals surface area contributed by atoms with Crippen LogP contribution in [0.3, 0.4) is 0 Å². The maximum Gasteiger partial charge on any atom is 0.191 e. The summed E-state index contributed by atoms with van der Waals surface area (Å²) >= 11 is 0. The van der Waals surface area contributed by atoms with Crippen molar-refractivity contribution in [1.29, 1.82) is 0 Å². The normalized spacial score (nSPS) is 15.5. The van der Waals surface area contributed by atoms with Crippen molar-refractivity contribution in [1.82, 2.24) is 15.5 Å². The van der Waals surface area contributed by atoms with Gasteiger partial charge in [-0.25, -0.2) is 0 Å². The molecule has 1 aromatic carbocycles. The summed E-state index contributed by atoms with van der Waals surface area (Å²) in [5, 5.41) is 6.94. The summed E-state index contributed by atoms with van der Waals surface area (Å²) in [7, 11) is 1.71. The lowest BCUT2D eigenvalue weighted by Crippen LogP contribution is -2.43. The Bertz CT molecular complexity index is 594. The van der Waals surface area contributed by atoms with Crippen molar-refractivity contribution in [2.45, 2.75) is 45.7 Å². The predicted octanol–water partition coefficient (Wildman–Crippen LogP) is 3.97. The van der Waals surface area contributed by atoms with Crippen molar-refractivity contribution < 1.29 is 4.74 Å². The van der Waals surface area contributed by atoms with E-state index in [-0.39, 0.29) is 30.0 Å². The number of nitrogens with one attached hydrogen (secondary N) is 2. The van der Waals surface area contributed by atoms with Crippen LogP contribution in [0.4, 0.5) is 0 Å². The number of guanidine groups is 1. The molecule has 0 amide bonds. The molecule has 6 heteroatoms. The van der Waals surface area contributed by atoms with Crippen LogP contribution >= 0.6 is 24.0 Å². The van der Waals surface area contributed by atoms with Crippen LogP contribution in [-0.4, -0.2) is 50.2 Å². The Labute approximate surface area is 181 Å². The van der Waals surface area contributed by atoms with Crippen LogP contribution in [0.1, 0.15) is 45.2 Å². The average molecular weight is 486 g/mol. The molecule has 152 valence electrons. The third kappa shape index (κ3) is 7.33. The number of ether oxygens (including phenoxy) is 1. The van der Waals surface area contributed by atoms with Gasteiger partial charge in [0.05, 0.1) is 19.7 Å². The molecule has 0 aromatic heterocycles. The Hall–Kier alpha value is -1.28. The lowest BCUT2D eigenvalue weighted by molar-refractivity contribution is 0.224. The lowest BCUT2D eigenvalue weighted by Gasteiger charge is -2.29. The van der Waals surface area contributed by atoms with Crippen molar-refractivity contribution in [3.05, 3.63) is 42.0 Å². The number of hydrogen-bond acceptors (Lipinski definition) is 3. The van der Waals surface area contributed by atoms with E-state index in [1.165, 1.54) is 5.56 Å². The smallest absolute Gasteiger partial charge is 0.191 e. The SMILES string of the molecule is CCNC(=NCC(c1cccc(OC)c1)N(CC)CC)NC1CC=CC1.I. The largest absolute Gasteiger partial charge is 0.497 e. The molecule has 5 nitrogen and oxygen atoms in total. The Morgan fingerprint density at radius 3 is 2.52 bits per heavy atom. The first-order chi connectivity index (χ1) is 12.7. The number of rotatable bonds is 9. The van der Waals surface area contributed by atoms with E-state index in [0.717, 1.165) is 44.2 Å². The zero-order valence-electron chi connectivity index (χ0n) is 17.1. The van der Waals surface area contributed by atoms with Crippen LogP contribution in [-0.2, 0) is 0 Å². The molecule has 0 radical (unpaired) electrons. The Balaban J connectivity index is 0.00000364. The summed E-state index contributed by atoms with van der Waals surface area (Å²) in [4.78, 5) is 7.35. The molecule has 1 atom stereocenters. The molecule has 1 aliphatic carbocycles. The Morgan fingerprint density at radius 1 is 1.22 bits per heavy atom. The number of methoxy groups -OCH3 is 1. The second-order valence-electron chi connectivity index (χ2n) is 6.52.